The second kappa shape index (κ2) is 8.21. The Bertz CT molecular complexity index is 834. The summed E-state index contributed by atoms with van der Waals surface area (Å²) in [6.45, 7) is 3.44. The summed E-state index contributed by atoms with van der Waals surface area (Å²) in [6, 6.07) is 11.2. The number of halogens is 1. The van der Waals surface area contributed by atoms with E-state index in [4.69, 9.17) is 11.6 Å². The number of carbonyl (C=O) groups excluding carboxylic acids is 2. The van der Waals surface area contributed by atoms with Crippen molar-refractivity contribution >= 4 is 29.1 Å². The number of benzene rings is 2. The van der Waals surface area contributed by atoms with Gasteiger partial charge < -0.3 is 15.8 Å². The predicted octanol–water partition coefficient (Wildman–Crippen LogP) is 3.13. The highest BCUT2D eigenvalue weighted by atomic mass is 35.5. The Morgan fingerprint density at radius 3 is 2.56 bits per heavy atom. The quantitative estimate of drug-likeness (QED) is 0.487. The van der Waals surface area contributed by atoms with Crippen LogP contribution in [0.3, 0.4) is 0 Å². The zero-order valence-electron chi connectivity index (χ0n) is 13.8. The number of aromatic hydroxyl groups is 1. The van der Waals surface area contributed by atoms with Gasteiger partial charge in [0.15, 0.2) is 0 Å². The van der Waals surface area contributed by atoms with Crippen LogP contribution in [0.5, 0.6) is 5.75 Å². The van der Waals surface area contributed by atoms with Gasteiger partial charge in [-0.15, -0.1) is 0 Å². The number of phenols is 1. The summed E-state index contributed by atoms with van der Waals surface area (Å²) in [5, 5.41) is 12.7. The van der Waals surface area contributed by atoms with Gasteiger partial charge in [-0.25, -0.2) is 0 Å². The van der Waals surface area contributed by atoms with Gasteiger partial charge in [-0.2, -0.15) is 0 Å². The van der Waals surface area contributed by atoms with Crippen molar-refractivity contribution in [2.45, 2.75) is 13.8 Å². The molecule has 0 aliphatic carbocycles. The van der Waals surface area contributed by atoms with Crippen LogP contribution in [0.4, 0.5) is 5.69 Å². The maximum Gasteiger partial charge on any atom is 0.269 e. The minimum absolute atomic E-state index is 0.00353. The van der Waals surface area contributed by atoms with Crippen molar-refractivity contribution in [2.75, 3.05) is 5.32 Å². The third-order valence-corrected chi connectivity index (χ3v) is 3.76. The Hall–Kier alpha value is -2.99. The molecule has 0 saturated heterocycles. The van der Waals surface area contributed by atoms with Crippen LogP contribution in [-0.4, -0.2) is 16.9 Å². The number of hydrogen-bond acceptors (Lipinski definition) is 4. The van der Waals surface area contributed by atoms with E-state index in [-0.39, 0.29) is 11.7 Å². The van der Waals surface area contributed by atoms with Crippen molar-refractivity contribution in [3.8, 4) is 5.75 Å². The van der Waals surface area contributed by atoms with E-state index in [1.54, 1.807) is 37.3 Å². The monoisotopic (exact) mass is 359 g/mol. The fourth-order valence-electron chi connectivity index (χ4n) is 2.02. The van der Waals surface area contributed by atoms with Crippen molar-refractivity contribution in [1.82, 2.24) is 10.9 Å². The van der Waals surface area contributed by atoms with Gasteiger partial charge in [-0.05, 0) is 49.7 Å². The van der Waals surface area contributed by atoms with Crippen molar-refractivity contribution in [1.29, 1.82) is 0 Å². The molecule has 2 rings (SSSR count). The molecule has 0 heterocycles. The lowest BCUT2D eigenvalue weighted by molar-refractivity contribution is -0.112. The Morgan fingerprint density at radius 2 is 1.84 bits per heavy atom. The molecule has 0 aliphatic rings. The summed E-state index contributed by atoms with van der Waals surface area (Å²) in [5.41, 5.74) is 7.20. The third-order valence-electron chi connectivity index (χ3n) is 3.35. The highest BCUT2D eigenvalue weighted by Crippen LogP contribution is 2.22. The molecule has 0 aromatic heterocycles. The maximum atomic E-state index is 12.0. The average molecular weight is 360 g/mol. The molecule has 130 valence electrons. The van der Waals surface area contributed by atoms with Crippen LogP contribution in [0, 0.1) is 6.92 Å². The summed E-state index contributed by atoms with van der Waals surface area (Å²) in [4.78, 5) is 24.0. The highest BCUT2D eigenvalue weighted by Gasteiger charge is 2.07. The predicted molar refractivity (Wildman–Crippen MR) is 97.3 cm³/mol. The largest absolute Gasteiger partial charge is 0.508 e. The van der Waals surface area contributed by atoms with E-state index in [2.05, 4.69) is 16.2 Å². The Morgan fingerprint density at radius 1 is 1.12 bits per heavy atom. The summed E-state index contributed by atoms with van der Waals surface area (Å²) in [5.74, 6) is -0.798. The second-order valence-electron chi connectivity index (χ2n) is 5.36. The Labute approximate surface area is 150 Å². The minimum Gasteiger partial charge on any atom is -0.508 e. The van der Waals surface area contributed by atoms with Crippen molar-refractivity contribution < 1.29 is 14.7 Å². The summed E-state index contributed by atoms with van der Waals surface area (Å²) in [6.07, 6.45) is 1.31. The molecule has 0 saturated carbocycles. The van der Waals surface area contributed by atoms with Crippen molar-refractivity contribution in [3.63, 3.8) is 0 Å². The molecule has 2 aromatic carbocycles. The highest BCUT2D eigenvalue weighted by molar-refractivity contribution is 6.31. The molecule has 6 nitrogen and oxygen atoms in total. The molecular weight excluding hydrogens is 342 g/mol. The number of nitrogens with one attached hydrogen (secondary N) is 3. The summed E-state index contributed by atoms with van der Waals surface area (Å²) >= 11 is 6.01. The molecule has 2 amide bonds. The van der Waals surface area contributed by atoms with Crippen LogP contribution in [0.1, 0.15) is 22.8 Å². The summed E-state index contributed by atoms with van der Waals surface area (Å²) < 4.78 is 0. The molecule has 0 bridgehead atoms. The number of amides is 2. The van der Waals surface area contributed by atoms with Gasteiger partial charge >= 0.3 is 0 Å². The topological polar surface area (TPSA) is 90.5 Å². The Balaban J connectivity index is 1.93. The van der Waals surface area contributed by atoms with Crippen LogP contribution in [0.25, 0.3) is 0 Å². The van der Waals surface area contributed by atoms with Crippen LogP contribution < -0.4 is 16.2 Å². The van der Waals surface area contributed by atoms with Crippen LogP contribution in [0.2, 0.25) is 5.02 Å². The molecule has 0 fully saturated rings. The van der Waals surface area contributed by atoms with E-state index >= 15 is 0 Å². The van der Waals surface area contributed by atoms with E-state index in [1.165, 1.54) is 18.2 Å². The van der Waals surface area contributed by atoms with Gasteiger partial charge in [0.05, 0.1) is 0 Å². The zero-order chi connectivity index (χ0) is 18.4. The molecule has 0 atom stereocenters. The molecule has 0 radical (unpaired) electrons. The standard InChI is InChI=1S/C18H18ClN3O3/c1-11(21-22-18(25)13-5-3-6-14(23)10-13)9-17(24)20-16-8-4-7-15(19)12(16)2/h3-10,21,23H,1-2H3,(H,20,24)(H,22,25). The fraction of sp³-hybridized carbons (Fsp3) is 0.111. The molecule has 0 aliphatic heterocycles. The number of phenolic OH excluding ortho intramolecular Hbond substituents is 1. The number of allylic oxidation sites excluding steroid dienone is 1. The first-order chi connectivity index (χ1) is 11.9. The first-order valence-electron chi connectivity index (χ1n) is 7.46. The molecular formula is C18H18ClN3O3. The van der Waals surface area contributed by atoms with E-state index in [0.717, 1.165) is 5.56 Å². The van der Waals surface area contributed by atoms with Gasteiger partial charge in [0.2, 0.25) is 5.91 Å². The SMILES string of the molecule is CC(=CC(=O)Nc1cccc(Cl)c1C)NNC(=O)c1cccc(O)c1. The third kappa shape index (κ3) is 5.26. The lowest BCUT2D eigenvalue weighted by atomic mass is 10.2. The second-order valence-corrected chi connectivity index (χ2v) is 5.77. The van der Waals surface area contributed by atoms with Crippen molar-refractivity contribution in [2.24, 2.45) is 0 Å². The number of rotatable bonds is 5. The van der Waals surface area contributed by atoms with E-state index in [0.29, 0.717) is 22.0 Å². The number of hydrogen-bond donors (Lipinski definition) is 4. The fourth-order valence-corrected chi connectivity index (χ4v) is 2.19. The molecule has 4 N–H and O–H groups in total. The molecule has 0 unspecified atom stereocenters. The van der Waals surface area contributed by atoms with Crippen LogP contribution >= 0.6 is 11.6 Å². The van der Waals surface area contributed by atoms with Gasteiger partial charge in [0.25, 0.3) is 5.91 Å². The molecule has 7 heteroatoms. The van der Waals surface area contributed by atoms with Gasteiger partial charge in [-0.3, -0.25) is 15.0 Å². The number of hydrazine groups is 1. The lowest BCUT2D eigenvalue weighted by Gasteiger charge is -2.10. The van der Waals surface area contributed by atoms with Gasteiger partial charge in [0, 0.05) is 28.0 Å². The Kier molecular flexibility index (Phi) is 6.03. The van der Waals surface area contributed by atoms with Gasteiger partial charge in [0.1, 0.15) is 5.75 Å². The average Bonchev–Trinajstić information content (AvgIpc) is 2.56. The molecule has 2 aromatic rings. The number of carbonyl (C=O) groups is 2. The van der Waals surface area contributed by atoms with Crippen molar-refractivity contribution in [3.05, 3.63) is 70.4 Å². The first-order valence-corrected chi connectivity index (χ1v) is 7.84. The minimum atomic E-state index is -0.435. The van der Waals surface area contributed by atoms with Crippen LogP contribution in [0.15, 0.2) is 54.2 Å². The van der Waals surface area contributed by atoms with E-state index in [9.17, 15) is 14.7 Å². The zero-order valence-corrected chi connectivity index (χ0v) is 14.5. The number of anilines is 1. The van der Waals surface area contributed by atoms with E-state index in [1.807, 2.05) is 6.92 Å². The van der Waals surface area contributed by atoms with E-state index < -0.39 is 5.91 Å². The molecule has 0 spiro atoms. The lowest BCUT2D eigenvalue weighted by Crippen LogP contribution is -2.36. The summed E-state index contributed by atoms with van der Waals surface area (Å²) in [7, 11) is 0. The van der Waals surface area contributed by atoms with Crippen LogP contribution in [-0.2, 0) is 4.79 Å². The smallest absolute Gasteiger partial charge is 0.269 e. The van der Waals surface area contributed by atoms with Gasteiger partial charge in [-0.1, -0.05) is 23.7 Å². The first kappa shape index (κ1) is 18.4. The maximum absolute atomic E-state index is 12.0. The molecule has 25 heavy (non-hydrogen) atoms. The normalized spacial score (nSPS) is 10.9.